The lowest BCUT2D eigenvalue weighted by molar-refractivity contribution is -0.884. The number of nitrogen functional groups attached to an aromatic ring is 1. The Morgan fingerprint density at radius 2 is 1.81 bits per heavy atom. The van der Waals surface area contributed by atoms with Gasteiger partial charge in [-0.05, 0) is 12.1 Å². The molecule has 0 aliphatic rings. The van der Waals surface area contributed by atoms with Gasteiger partial charge in [-0.15, -0.1) is 0 Å². The van der Waals surface area contributed by atoms with Gasteiger partial charge < -0.3 is 25.5 Å². The summed E-state index contributed by atoms with van der Waals surface area (Å²) >= 11 is 0. The first-order valence-electron chi connectivity index (χ1n) is 4.67. The smallest absolute Gasteiger partial charge is 0.104 e. The van der Waals surface area contributed by atoms with E-state index >= 15 is 0 Å². The molecule has 6 nitrogen and oxygen atoms in total. The molecule has 0 unspecified atom stereocenters. The Bertz CT molecular complexity index is 343. The van der Waals surface area contributed by atoms with E-state index in [1.54, 1.807) is 0 Å². The topological polar surface area (TPSA) is 92.2 Å². The summed E-state index contributed by atoms with van der Waals surface area (Å²) in [4.78, 5) is 8.25. The van der Waals surface area contributed by atoms with E-state index in [1.807, 2.05) is 18.2 Å². The second-order valence-corrected chi connectivity index (χ2v) is 4.42. The molecule has 0 fully saturated rings. The standard InChI is InChI=1S/C10H17N2.NO3/c1-12(2,3)8-9-5-4-6-10(11)7-9;2-1(3)4/h4-7H,8,11H2,1-3H3;/q+1;-1. The Morgan fingerprint density at radius 3 is 2.19 bits per heavy atom. The minimum absolute atomic E-state index is 0.848. The fourth-order valence-corrected chi connectivity index (χ4v) is 1.24. The number of quaternary nitrogens is 1. The van der Waals surface area contributed by atoms with Gasteiger partial charge in [0.05, 0.1) is 26.2 Å². The molecule has 0 saturated carbocycles. The van der Waals surface area contributed by atoms with Crippen molar-refractivity contribution in [1.82, 2.24) is 0 Å². The van der Waals surface area contributed by atoms with Gasteiger partial charge in [0.15, 0.2) is 0 Å². The number of rotatable bonds is 2. The van der Waals surface area contributed by atoms with Gasteiger partial charge in [0.25, 0.3) is 0 Å². The molecule has 0 heterocycles. The highest BCUT2D eigenvalue weighted by atomic mass is 16.9. The zero-order chi connectivity index (χ0) is 12.8. The van der Waals surface area contributed by atoms with Crippen LogP contribution in [0.25, 0.3) is 0 Å². The van der Waals surface area contributed by atoms with Crippen LogP contribution in [0.2, 0.25) is 0 Å². The molecule has 0 atom stereocenters. The molecule has 0 aliphatic carbocycles. The van der Waals surface area contributed by atoms with E-state index in [1.165, 1.54) is 5.56 Å². The molecule has 0 aromatic heterocycles. The normalized spacial score (nSPS) is 10.2. The Kier molecular flexibility index (Phi) is 5.24. The second-order valence-electron chi connectivity index (χ2n) is 4.42. The van der Waals surface area contributed by atoms with Crippen molar-refractivity contribution < 1.29 is 9.57 Å². The zero-order valence-electron chi connectivity index (χ0n) is 9.71. The highest BCUT2D eigenvalue weighted by Gasteiger charge is 2.07. The molecule has 90 valence electrons. The summed E-state index contributed by atoms with van der Waals surface area (Å²) in [5, 5.41) is 14.8. The van der Waals surface area contributed by atoms with Gasteiger partial charge >= 0.3 is 0 Å². The van der Waals surface area contributed by atoms with Gasteiger partial charge in [0.2, 0.25) is 0 Å². The molecule has 1 aromatic rings. The highest BCUT2D eigenvalue weighted by molar-refractivity contribution is 5.40. The quantitative estimate of drug-likeness (QED) is 0.356. The average Bonchev–Trinajstić information content (AvgIpc) is 1.98. The maximum absolute atomic E-state index is 8.25. The van der Waals surface area contributed by atoms with Crippen LogP contribution in [0.3, 0.4) is 0 Å². The van der Waals surface area contributed by atoms with E-state index in [0.29, 0.717) is 0 Å². The van der Waals surface area contributed by atoms with Crippen LogP contribution < -0.4 is 5.73 Å². The number of anilines is 1. The van der Waals surface area contributed by atoms with Crippen LogP contribution in [0.1, 0.15) is 5.56 Å². The van der Waals surface area contributed by atoms with Crippen LogP contribution in [0.5, 0.6) is 0 Å². The molecule has 1 aromatic carbocycles. The summed E-state index contributed by atoms with van der Waals surface area (Å²) in [6.07, 6.45) is 0. The molecule has 0 spiro atoms. The van der Waals surface area contributed by atoms with Crippen LogP contribution in [0, 0.1) is 15.3 Å². The van der Waals surface area contributed by atoms with Crippen LogP contribution in [0.15, 0.2) is 24.3 Å². The molecule has 0 aliphatic heterocycles. The van der Waals surface area contributed by atoms with Crippen molar-refractivity contribution in [2.45, 2.75) is 6.54 Å². The van der Waals surface area contributed by atoms with Gasteiger partial charge in [-0.1, -0.05) is 12.1 Å². The van der Waals surface area contributed by atoms with Crippen LogP contribution >= 0.6 is 0 Å². The van der Waals surface area contributed by atoms with Crippen LogP contribution in [-0.4, -0.2) is 30.7 Å². The lowest BCUT2D eigenvalue weighted by atomic mass is 10.2. The summed E-state index contributed by atoms with van der Waals surface area (Å²) in [5.74, 6) is 0. The molecule has 0 saturated heterocycles. The Hall–Kier alpha value is -1.82. The van der Waals surface area contributed by atoms with Crippen molar-refractivity contribution in [3.8, 4) is 0 Å². The SMILES string of the molecule is C[N+](C)(C)Cc1cccc(N)c1.O=[N+]([O-])[O-]. The minimum Gasteiger partial charge on any atom is -0.399 e. The van der Waals surface area contributed by atoms with Gasteiger partial charge in [-0.25, -0.2) is 0 Å². The van der Waals surface area contributed by atoms with Crippen molar-refractivity contribution in [1.29, 1.82) is 0 Å². The lowest BCUT2D eigenvalue weighted by Gasteiger charge is -2.23. The van der Waals surface area contributed by atoms with E-state index < -0.39 is 5.09 Å². The third-order valence-corrected chi connectivity index (χ3v) is 1.61. The number of nitrogens with two attached hydrogens (primary N) is 1. The number of hydrogen-bond donors (Lipinski definition) is 1. The predicted molar refractivity (Wildman–Crippen MR) is 63.0 cm³/mol. The first-order valence-corrected chi connectivity index (χ1v) is 4.67. The molecule has 1 rings (SSSR count). The van der Waals surface area contributed by atoms with Gasteiger partial charge in [0.1, 0.15) is 6.54 Å². The average molecular weight is 227 g/mol. The number of benzene rings is 1. The van der Waals surface area contributed by atoms with Crippen molar-refractivity contribution in [3.63, 3.8) is 0 Å². The summed E-state index contributed by atoms with van der Waals surface area (Å²) < 4.78 is 0.934. The highest BCUT2D eigenvalue weighted by Crippen LogP contribution is 2.10. The fraction of sp³-hybridized carbons (Fsp3) is 0.400. The number of hydrogen-bond acceptors (Lipinski definition) is 4. The third-order valence-electron chi connectivity index (χ3n) is 1.61. The monoisotopic (exact) mass is 227 g/mol. The molecule has 2 N–H and O–H groups in total. The van der Waals surface area contributed by atoms with Crippen LogP contribution in [-0.2, 0) is 6.54 Å². The van der Waals surface area contributed by atoms with E-state index in [9.17, 15) is 0 Å². The molecule has 16 heavy (non-hydrogen) atoms. The first kappa shape index (κ1) is 14.2. The summed E-state index contributed by atoms with van der Waals surface area (Å²) in [6.45, 7) is 1.02. The maximum atomic E-state index is 8.25. The molecular weight excluding hydrogens is 210 g/mol. The van der Waals surface area contributed by atoms with E-state index in [4.69, 9.17) is 21.1 Å². The molecule has 0 amide bonds. The predicted octanol–water partition coefficient (Wildman–Crippen LogP) is 1.24. The summed E-state index contributed by atoms with van der Waals surface area (Å²) in [7, 11) is 6.51. The van der Waals surface area contributed by atoms with Gasteiger partial charge in [-0.2, -0.15) is 0 Å². The lowest BCUT2D eigenvalue weighted by Crippen LogP contribution is -2.33. The molecular formula is C10H17N3O3. The van der Waals surface area contributed by atoms with Gasteiger partial charge in [0, 0.05) is 11.3 Å². The summed E-state index contributed by atoms with van der Waals surface area (Å²) in [6, 6.07) is 8.06. The Balaban J connectivity index is 0.000000487. The van der Waals surface area contributed by atoms with Gasteiger partial charge in [-0.3, -0.25) is 0 Å². The van der Waals surface area contributed by atoms with Crippen molar-refractivity contribution in [2.24, 2.45) is 0 Å². The summed E-state index contributed by atoms with van der Waals surface area (Å²) in [5.41, 5.74) is 7.81. The minimum atomic E-state index is -1.75. The van der Waals surface area contributed by atoms with Crippen LogP contribution in [0.4, 0.5) is 5.69 Å². The maximum Gasteiger partial charge on any atom is 0.104 e. The molecule has 0 bridgehead atoms. The van der Waals surface area contributed by atoms with E-state index in [2.05, 4.69) is 27.2 Å². The van der Waals surface area contributed by atoms with Crippen molar-refractivity contribution >= 4 is 5.69 Å². The van der Waals surface area contributed by atoms with E-state index in [-0.39, 0.29) is 0 Å². The van der Waals surface area contributed by atoms with E-state index in [0.717, 1.165) is 16.7 Å². The van der Waals surface area contributed by atoms with Crippen molar-refractivity contribution in [3.05, 3.63) is 45.2 Å². The third kappa shape index (κ3) is 8.76. The fourth-order valence-electron chi connectivity index (χ4n) is 1.24. The van der Waals surface area contributed by atoms with Crippen molar-refractivity contribution in [2.75, 3.05) is 26.9 Å². The Morgan fingerprint density at radius 1 is 1.31 bits per heavy atom. The second kappa shape index (κ2) is 5.92. The Labute approximate surface area is 94.6 Å². The molecule has 6 heteroatoms. The zero-order valence-corrected chi connectivity index (χ0v) is 9.71. The molecule has 0 radical (unpaired) electrons. The largest absolute Gasteiger partial charge is 0.399 e. The first-order chi connectivity index (χ1) is 7.20. The number of nitrogens with zero attached hydrogens (tertiary/aromatic N) is 2.